The van der Waals surface area contributed by atoms with Gasteiger partial charge in [0.05, 0.1) is 0 Å². The predicted molar refractivity (Wildman–Crippen MR) is 55.6 cm³/mol. The van der Waals surface area contributed by atoms with Crippen LogP contribution in [0.5, 0.6) is 0 Å². The number of para-hydroxylation sites is 1. The maximum absolute atomic E-state index is 10.6. The SMILES string of the molecule is CC.O=C(CO)Nc1ccccc1.[HH]. The van der Waals surface area contributed by atoms with Crippen LogP contribution in [0.2, 0.25) is 0 Å². The van der Waals surface area contributed by atoms with E-state index in [2.05, 4.69) is 5.32 Å². The number of aliphatic hydroxyl groups is 1. The minimum absolute atomic E-state index is 0. The van der Waals surface area contributed by atoms with E-state index in [9.17, 15) is 4.79 Å². The van der Waals surface area contributed by atoms with Crippen LogP contribution in [-0.4, -0.2) is 17.6 Å². The smallest absolute Gasteiger partial charge is 0.250 e. The van der Waals surface area contributed by atoms with E-state index in [-0.39, 0.29) is 1.43 Å². The lowest BCUT2D eigenvalue weighted by atomic mass is 10.3. The first kappa shape index (κ1) is 11.6. The minimum Gasteiger partial charge on any atom is -0.387 e. The average Bonchev–Trinajstić information content (AvgIpc) is 2.22. The second-order valence-electron chi connectivity index (χ2n) is 2.07. The van der Waals surface area contributed by atoms with Crippen molar-refractivity contribution in [3.05, 3.63) is 30.3 Å². The fourth-order valence-electron chi connectivity index (χ4n) is 0.722. The molecule has 0 saturated carbocycles. The second-order valence-corrected chi connectivity index (χ2v) is 2.07. The summed E-state index contributed by atoms with van der Waals surface area (Å²) < 4.78 is 0. The van der Waals surface area contributed by atoms with Crippen LogP contribution < -0.4 is 5.32 Å². The lowest BCUT2D eigenvalue weighted by Crippen LogP contribution is -2.15. The van der Waals surface area contributed by atoms with Crippen LogP contribution in [0.1, 0.15) is 15.3 Å². The summed E-state index contributed by atoms with van der Waals surface area (Å²) in [6, 6.07) is 9.00. The van der Waals surface area contributed by atoms with Gasteiger partial charge >= 0.3 is 0 Å². The van der Waals surface area contributed by atoms with Gasteiger partial charge in [0.1, 0.15) is 6.61 Å². The van der Waals surface area contributed by atoms with Crippen molar-refractivity contribution in [1.29, 1.82) is 0 Å². The van der Waals surface area contributed by atoms with E-state index in [0.29, 0.717) is 5.69 Å². The van der Waals surface area contributed by atoms with Gasteiger partial charge in [0, 0.05) is 7.11 Å². The number of hydrogen-bond donors (Lipinski definition) is 2. The first-order valence-corrected chi connectivity index (χ1v) is 4.28. The molecule has 0 bridgehead atoms. The molecule has 0 saturated heterocycles. The number of anilines is 1. The number of carbonyl (C=O) groups excluding carboxylic acids is 1. The van der Waals surface area contributed by atoms with Gasteiger partial charge in [-0.3, -0.25) is 4.79 Å². The zero-order valence-electron chi connectivity index (χ0n) is 7.95. The number of carbonyl (C=O) groups is 1. The average molecular weight is 183 g/mol. The van der Waals surface area contributed by atoms with Crippen molar-refractivity contribution in [3.63, 3.8) is 0 Å². The number of rotatable bonds is 2. The Kier molecular flexibility index (Phi) is 6.55. The topological polar surface area (TPSA) is 49.3 Å². The van der Waals surface area contributed by atoms with Gasteiger partial charge in [-0.25, -0.2) is 0 Å². The summed E-state index contributed by atoms with van der Waals surface area (Å²) in [5, 5.41) is 10.9. The van der Waals surface area contributed by atoms with E-state index in [0.717, 1.165) is 0 Å². The number of amides is 1. The first-order valence-electron chi connectivity index (χ1n) is 4.28. The van der Waals surface area contributed by atoms with Crippen LogP contribution in [0.3, 0.4) is 0 Å². The fourth-order valence-corrected chi connectivity index (χ4v) is 0.722. The molecule has 0 radical (unpaired) electrons. The van der Waals surface area contributed by atoms with Crippen LogP contribution in [0.4, 0.5) is 5.69 Å². The molecule has 13 heavy (non-hydrogen) atoms. The molecule has 74 valence electrons. The summed E-state index contributed by atoms with van der Waals surface area (Å²) in [6.45, 7) is 3.52. The van der Waals surface area contributed by atoms with Crippen molar-refractivity contribution in [1.82, 2.24) is 0 Å². The van der Waals surface area contributed by atoms with E-state index >= 15 is 0 Å². The predicted octanol–water partition coefficient (Wildman–Crippen LogP) is 1.89. The lowest BCUT2D eigenvalue weighted by Gasteiger charge is -2.00. The summed E-state index contributed by atoms with van der Waals surface area (Å²) in [5.74, 6) is -0.392. The van der Waals surface area contributed by atoms with Crippen molar-refractivity contribution in [2.75, 3.05) is 11.9 Å². The van der Waals surface area contributed by atoms with Gasteiger partial charge in [-0.05, 0) is 12.1 Å². The summed E-state index contributed by atoms with van der Waals surface area (Å²) >= 11 is 0. The highest BCUT2D eigenvalue weighted by Gasteiger charge is 1.96. The van der Waals surface area contributed by atoms with Crippen LogP contribution in [0.15, 0.2) is 30.3 Å². The number of nitrogens with one attached hydrogen (secondary N) is 1. The molecule has 1 amide bonds. The molecule has 0 heterocycles. The molecule has 3 nitrogen and oxygen atoms in total. The summed E-state index contributed by atoms with van der Waals surface area (Å²) in [4.78, 5) is 10.6. The molecule has 0 aliphatic rings. The van der Waals surface area contributed by atoms with Gasteiger partial charge < -0.3 is 10.4 Å². The van der Waals surface area contributed by atoms with Crippen molar-refractivity contribution in [2.24, 2.45) is 0 Å². The Labute approximate surface area is 79.9 Å². The third kappa shape index (κ3) is 4.98. The molecular formula is C10H17NO2. The van der Waals surface area contributed by atoms with Gasteiger partial charge in [-0.15, -0.1) is 0 Å². The van der Waals surface area contributed by atoms with E-state index in [1.165, 1.54) is 0 Å². The monoisotopic (exact) mass is 183 g/mol. The Bertz CT molecular complexity index is 239. The lowest BCUT2D eigenvalue weighted by molar-refractivity contribution is -0.118. The molecular weight excluding hydrogens is 166 g/mol. The van der Waals surface area contributed by atoms with E-state index in [1.54, 1.807) is 12.1 Å². The largest absolute Gasteiger partial charge is 0.387 e. The standard InChI is InChI=1S/C8H9NO2.C2H6.H2/c10-6-8(11)9-7-4-2-1-3-5-7;1-2;/h1-5,10H,6H2,(H,9,11);1-2H3;1H. The molecule has 1 rings (SSSR count). The van der Waals surface area contributed by atoms with E-state index < -0.39 is 12.5 Å². The highest BCUT2D eigenvalue weighted by Crippen LogP contribution is 2.03. The highest BCUT2D eigenvalue weighted by molar-refractivity contribution is 5.91. The summed E-state index contributed by atoms with van der Waals surface area (Å²) in [6.07, 6.45) is 0. The Morgan fingerprint density at radius 1 is 1.38 bits per heavy atom. The zero-order valence-corrected chi connectivity index (χ0v) is 7.95. The Hall–Kier alpha value is -1.35. The fraction of sp³-hybridized carbons (Fsp3) is 0.300. The molecule has 1 aromatic rings. The molecule has 0 atom stereocenters. The molecule has 0 spiro atoms. The third-order valence-electron chi connectivity index (χ3n) is 1.20. The van der Waals surface area contributed by atoms with Gasteiger partial charge in [-0.1, -0.05) is 32.0 Å². The molecule has 0 unspecified atom stereocenters. The Morgan fingerprint density at radius 2 is 1.92 bits per heavy atom. The van der Waals surface area contributed by atoms with Gasteiger partial charge in [0.15, 0.2) is 0 Å². The van der Waals surface area contributed by atoms with Crippen molar-refractivity contribution in [3.8, 4) is 0 Å². The van der Waals surface area contributed by atoms with Crippen molar-refractivity contribution < 1.29 is 11.3 Å². The maximum atomic E-state index is 10.6. The quantitative estimate of drug-likeness (QED) is 0.735. The van der Waals surface area contributed by atoms with Crippen LogP contribution in [0, 0.1) is 0 Å². The molecule has 0 fully saturated rings. The summed E-state index contributed by atoms with van der Waals surface area (Å²) in [7, 11) is 0. The number of benzene rings is 1. The maximum Gasteiger partial charge on any atom is 0.250 e. The van der Waals surface area contributed by atoms with E-state index in [1.807, 2.05) is 32.0 Å². The molecule has 1 aromatic carbocycles. The zero-order chi connectivity index (χ0) is 10.1. The first-order chi connectivity index (χ1) is 6.33. The molecule has 0 aromatic heterocycles. The molecule has 2 N–H and O–H groups in total. The van der Waals surface area contributed by atoms with Crippen LogP contribution in [-0.2, 0) is 4.79 Å². The summed E-state index contributed by atoms with van der Waals surface area (Å²) in [5.41, 5.74) is 0.701. The third-order valence-corrected chi connectivity index (χ3v) is 1.20. The number of aliphatic hydroxyl groups excluding tert-OH is 1. The second kappa shape index (κ2) is 7.31. The van der Waals surface area contributed by atoms with E-state index in [4.69, 9.17) is 5.11 Å². The molecule has 0 aliphatic heterocycles. The highest BCUT2D eigenvalue weighted by atomic mass is 16.3. The normalized spacial score (nSPS) is 8.23. The van der Waals surface area contributed by atoms with Crippen LogP contribution >= 0.6 is 0 Å². The van der Waals surface area contributed by atoms with Gasteiger partial charge in [-0.2, -0.15) is 0 Å². The van der Waals surface area contributed by atoms with Crippen LogP contribution in [0.25, 0.3) is 0 Å². The van der Waals surface area contributed by atoms with Crippen molar-refractivity contribution in [2.45, 2.75) is 13.8 Å². The molecule has 3 heteroatoms. The van der Waals surface area contributed by atoms with Crippen molar-refractivity contribution >= 4 is 11.6 Å². The van der Waals surface area contributed by atoms with Gasteiger partial charge in [0.25, 0.3) is 0 Å². The molecule has 0 aliphatic carbocycles. The Morgan fingerprint density at radius 3 is 2.38 bits per heavy atom. The minimum atomic E-state index is -0.477. The number of hydrogen-bond acceptors (Lipinski definition) is 2. The van der Waals surface area contributed by atoms with Gasteiger partial charge in [0.2, 0.25) is 5.91 Å². The Balaban J connectivity index is 0.